The van der Waals surface area contributed by atoms with Crippen molar-refractivity contribution in [3.05, 3.63) is 62.8 Å². The van der Waals surface area contributed by atoms with E-state index in [-0.39, 0.29) is 11.6 Å². The zero-order chi connectivity index (χ0) is 21.0. The third-order valence-electron chi connectivity index (χ3n) is 4.55. The zero-order valence-electron chi connectivity index (χ0n) is 16.3. The van der Waals surface area contributed by atoms with Gasteiger partial charge in [-0.25, -0.2) is 0 Å². The average molecular weight is 449 g/mol. The van der Waals surface area contributed by atoms with Gasteiger partial charge >= 0.3 is 0 Å². The van der Waals surface area contributed by atoms with Crippen LogP contribution in [0.1, 0.15) is 48.6 Å². The number of carbonyl (C=O) groups excluding carboxylic acids is 2. The second-order valence-corrected chi connectivity index (χ2v) is 9.12. The Bertz CT molecular complexity index is 974. The number of nitrogens with zero attached hydrogens (tertiary/aromatic N) is 3. The highest BCUT2D eigenvalue weighted by molar-refractivity contribution is 7.10. The molecule has 29 heavy (non-hydrogen) atoms. The van der Waals surface area contributed by atoms with Crippen molar-refractivity contribution in [2.45, 2.75) is 38.8 Å². The minimum absolute atomic E-state index is 0.180. The van der Waals surface area contributed by atoms with Crippen LogP contribution in [0.3, 0.4) is 0 Å². The maximum Gasteiger partial charge on any atom is 0.280 e. The summed E-state index contributed by atoms with van der Waals surface area (Å²) >= 11 is 8.69. The third-order valence-corrected chi connectivity index (χ3v) is 6.21. The molecule has 0 fully saturated rings. The van der Waals surface area contributed by atoms with Crippen molar-refractivity contribution in [2.24, 2.45) is 0 Å². The molecule has 0 radical (unpaired) electrons. The van der Waals surface area contributed by atoms with Crippen molar-refractivity contribution in [3.63, 3.8) is 0 Å². The number of nitrogens with one attached hydrogen (secondary N) is 1. The maximum atomic E-state index is 13.4. The lowest BCUT2D eigenvalue weighted by Gasteiger charge is -2.33. The molecule has 9 heteroatoms. The van der Waals surface area contributed by atoms with Crippen LogP contribution in [-0.2, 0) is 4.79 Å². The fraction of sp³-hybridized carbons (Fsp3) is 0.300. The Morgan fingerprint density at radius 3 is 2.66 bits per heavy atom. The second kappa shape index (κ2) is 9.02. The summed E-state index contributed by atoms with van der Waals surface area (Å²) in [4.78, 5) is 29.0. The molecule has 0 saturated heterocycles. The van der Waals surface area contributed by atoms with Crippen LogP contribution in [0.5, 0.6) is 0 Å². The molecule has 0 saturated carbocycles. The fourth-order valence-corrected chi connectivity index (χ4v) is 4.13. The number of aromatic nitrogens is 2. The fourth-order valence-electron chi connectivity index (χ4n) is 2.70. The first-order valence-electron chi connectivity index (χ1n) is 9.04. The van der Waals surface area contributed by atoms with Crippen LogP contribution >= 0.6 is 34.5 Å². The van der Waals surface area contributed by atoms with Crippen LogP contribution in [-0.4, -0.2) is 26.9 Å². The van der Waals surface area contributed by atoms with Gasteiger partial charge in [0.2, 0.25) is 5.91 Å². The second-order valence-electron chi connectivity index (χ2n) is 7.09. The summed E-state index contributed by atoms with van der Waals surface area (Å²) in [5.74, 6) is -0.681. The van der Waals surface area contributed by atoms with Crippen molar-refractivity contribution >= 4 is 52.0 Å². The molecule has 0 aliphatic carbocycles. The van der Waals surface area contributed by atoms with Gasteiger partial charge in [0, 0.05) is 26.5 Å². The Balaban J connectivity index is 2.12. The van der Waals surface area contributed by atoms with E-state index in [2.05, 4.69) is 14.9 Å². The molecule has 0 bridgehead atoms. The Kier molecular flexibility index (Phi) is 6.66. The molecule has 0 aliphatic rings. The van der Waals surface area contributed by atoms with E-state index in [9.17, 15) is 9.59 Å². The van der Waals surface area contributed by atoms with Crippen LogP contribution in [0.4, 0.5) is 5.69 Å². The van der Waals surface area contributed by atoms with Crippen LogP contribution in [0.25, 0.3) is 0 Å². The lowest BCUT2D eigenvalue weighted by Crippen LogP contribution is -2.50. The van der Waals surface area contributed by atoms with Crippen LogP contribution < -0.4 is 10.2 Å². The molecule has 152 valence electrons. The van der Waals surface area contributed by atoms with Gasteiger partial charge in [0.05, 0.1) is 0 Å². The smallest absolute Gasteiger partial charge is 0.280 e. The summed E-state index contributed by atoms with van der Waals surface area (Å²) in [6.07, 6.45) is 0.747. The molecule has 2 heterocycles. The van der Waals surface area contributed by atoms with Gasteiger partial charge < -0.3 is 5.32 Å². The van der Waals surface area contributed by atoms with E-state index in [1.807, 2.05) is 38.3 Å². The molecular weight excluding hydrogens is 428 g/mol. The number of hydrogen-bond donors (Lipinski definition) is 1. The monoisotopic (exact) mass is 448 g/mol. The number of carbonyl (C=O) groups is 2. The van der Waals surface area contributed by atoms with Gasteiger partial charge in [-0.3, -0.25) is 14.5 Å². The normalized spacial score (nSPS) is 12.4. The summed E-state index contributed by atoms with van der Waals surface area (Å²) in [6.45, 7) is 5.90. The molecule has 3 aromatic rings. The number of amides is 2. The number of anilines is 1. The van der Waals surface area contributed by atoms with E-state index >= 15 is 0 Å². The van der Waals surface area contributed by atoms with Crippen LogP contribution in [0.2, 0.25) is 5.02 Å². The SMILES string of the molecule is CCC(C)(C)NC(=O)[C@@H](c1cccs1)N(C(=O)c1csnn1)c1cccc(Cl)c1. The van der Waals surface area contributed by atoms with E-state index in [0.717, 1.165) is 22.8 Å². The topological polar surface area (TPSA) is 75.2 Å². The summed E-state index contributed by atoms with van der Waals surface area (Å²) < 4.78 is 3.80. The average Bonchev–Trinajstić information content (AvgIpc) is 3.39. The number of benzene rings is 1. The molecule has 1 aromatic carbocycles. The molecule has 2 amide bonds. The standard InChI is InChI=1S/C20H21ClN4O2S2/c1-4-20(2,3)22-18(26)17(16-9-6-10-28-16)25(14-8-5-7-13(21)11-14)19(27)15-12-29-24-23-15/h5-12,17H,4H2,1-3H3,(H,22,26)/t17-/m1/s1. The Morgan fingerprint density at radius 1 is 1.28 bits per heavy atom. The lowest BCUT2D eigenvalue weighted by atomic mass is 10.0. The van der Waals surface area contributed by atoms with E-state index in [1.165, 1.54) is 16.2 Å². The minimum Gasteiger partial charge on any atom is -0.349 e. The van der Waals surface area contributed by atoms with Gasteiger partial charge in [0.1, 0.15) is 0 Å². The lowest BCUT2D eigenvalue weighted by molar-refractivity contribution is -0.124. The third kappa shape index (κ3) is 5.01. The van der Waals surface area contributed by atoms with Crippen LogP contribution in [0.15, 0.2) is 47.2 Å². The highest BCUT2D eigenvalue weighted by Crippen LogP contribution is 2.33. The Hall–Kier alpha value is -2.29. The van der Waals surface area contributed by atoms with Gasteiger partial charge in [0.25, 0.3) is 5.91 Å². The van der Waals surface area contributed by atoms with Crippen molar-refractivity contribution in [1.29, 1.82) is 0 Å². The van der Waals surface area contributed by atoms with Gasteiger partial charge in [0.15, 0.2) is 11.7 Å². The molecule has 1 atom stereocenters. The molecule has 0 unspecified atom stereocenters. The molecule has 6 nitrogen and oxygen atoms in total. The van der Waals surface area contributed by atoms with Crippen molar-refractivity contribution in [2.75, 3.05) is 4.90 Å². The predicted molar refractivity (Wildman–Crippen MR) is 118 cm³/mol. The van der Waals surface area contributed by atoms with Gasteiger partial charge in [-0.1, -0.05) is 35.1 Å². The number of halogens is 1. The van der Waals surface area contributed by atoms with Crippen molar-refractivity contribution in [1.82, 2.24) is 14.9 Å². The molecule has 0 spiro atoms. The first kappa shape index (κ1) is 21.4. The first-order valence-corrected chi connectivity index (χ1v) is 11.1. The Labute approximate surface area is 182 Å². The highest BCUT2D eigenvalue weighted by atomic mass is 35.5. The maximum absolute atomic E-state index is 13.4. The zero-order valence-corrected chi connectivity index (χ0v) is 18.6. The summed E-state index contributed by atoms with van der Waals surface area (Å²) in [6, 6.07) is 9.72. The number of rotatable bonds is 7. The molecule has 1 N–H and O–H groups in total. The first-order chi connectivity index (χ1) is 13.8. The van der Waals surface area contributed by atoms with Gasteiger partial charge in [-0.2, -0.15) is 0 Å². The number of thiophene rings is 1. The van der Waals surface area contributed by atoms with E-state index in [0.29, 0.717) is 10.7 Å². The van der Waals surface area contributed by atoms with E-state index in [4.69, 9.17) is 11.6 Å². The summed E-state index contributed by atoms with van der Waals surface area (Å²) in [7, 11) is 0. The minimum atomic E-state index is -0.867. The summed E-state index contributed by atoms with van der Waals surface area (Å²) in [5.41, 5.74) is 0.273. The van der Waals surface area contributed by atoms with E-state index in [1.54, 1.807) is 29.6 Å². The molecular formula is C20H21ClN4O2S2. The quantitative estimate of drug-likeness (QED) is 0.555. The van der Waals surface area contributed by atoms with Crippen molar-refractivity contribution in [3.8, 4) is 0 Å². The van der Waals surface area contributed by atoms with Gasteiger partial charge in [-0.05, 0) is 61.4 Å². The highest BCUT2D eigenvalue weighted by Gasteiger charge is 2.36. The Morgan fingerprint density at radius 2 is 2.07 bits per heavy atom. The molecule has 2 aromatic heterocycles. The summed E-state index contributed by atoms with van der Waals surface area (Å²) in [5, 5.41) is 10.9. The van der Waals surface area contributed by atoms with Crippen LogP contribution in [0, 0.1) is 0 Å². The van der Waals surface area contributed by atoms with Gasteiger partial charge in [-0.15, -0.1) is 16.4 Å². The van der Waals surface area contributed by atoms with E-state index < -0.39 is 17.5 Å². The molecule has 0 aliphatic heterocycles. The largest absolute Gasteiger partial charge is 0.349 e. The number of hydrogen-bond acceptors (Lipinski definition) is 6. The van der Waals surface area contributed by atoms with Crippen molar-refractivity contribution < 1.29 is 9.59 Å². The predicted octanol–water partition coefficient (Wildman–Crippen LogP) is 4.95. The molecule has 3 rings (SSSR count).